The molecule has 1 saturated carbocycles. The van der Waals surface area contributed by atoms with Crippen LogP contribution in [0.1, 0.15) is 37.7 Å². The molecule has 0 spiro atoms. The number of nitrogens with zero attached hydrogens (tertiary/aromatic N) is 1. The smallest absolute Gasteiger partial charge is 0.229 e. The van der Waals surface area contributed by atoms with Crippen molar-refractivity contribution >= 4 is 34.0 Å². The molecule has 0 unspecified atom stereocenters. The number of likely N-dealkylation sites (tertiary alicyclic amines) is 1. The van der Waals surface area contributed by atoms with E-state index in [-0.39, 0.29) is 24.2 Å². The Bertz CT molecular complexity index is 1030. The van der Waals surface area contributed by atoms with Crippen molar-refractivity contribution in [1.82, 2.24) is 10.2 Å². The first-order chi connectivity index (χ1) is 15.8. The third-order valence-corrected chi connectivity index (χ3v) is 6.95. The van der Waals surface area contributed by atoms with Crippen LogP contribution in [0, 0.1) is 11.8 Å². The van der Waals surface area contributed by atoms with Crippen molar-refractivity contribution < 1.29 is 17.9 Å². The van der Waals surface area contributed by atoms with Crippen molar-refractivity contribution in [3.63, 3.8) is 0 Å². The van der Waals surface area contributed by atoms with Crippen molar-refractivity contribution in [2.45, 2.75) is 38.6 Å². The van der Waals surface area contributed by atoms with E-state index in [9.17, 15) is 13.2 Å². The lowest BCUT2D eigenvalue weighted by Gasteiger charge is -2.38. The molecule has 1 aliphatic carbocycles. The molecule has 1 heterocycles. The molecule has 34 heavy (non-hydrogen) atoms. The average molecular weight is 508 g/mol. The van der Waals surface area contributed by atoms with Gasteiger partial charge in [0.1, 0.15) is 11.5 Å². The summed E-state index contributed by atoms with van der Waals surface area (Å²) >= 11 is 0. The molecule has 0 aromatic heterocycles. The second-order valence-corrected chi connectivity index (χ2v) is 11.0. The van der Waals surface area contributed by atoms with Gasteiger partial charge in [0.25, 0.3) is 0 Å². The summed E-state index contributed by atoms with van der Waals surface area (Å²) < 4.78 is 30.8. The second-order valence-electron chi connectivity index (χ2n) is 9.28. The first-order valence-corrected chi connectivity index (χ1v) is 13.6. The highest BCUT2D eigenvalue weighted by Crippen LogP contribution is 2.26. The Morgan fingerprint density at radius 3 is 2.15 bits per heavy atom. The van der Waals surface area contributed by atoms with Gasteiger partial charge in [0.05, 0.1) is 12.2 Å². The largest absolute Gasteiger partial charge is 0.457 e. The van der Waals surface area contributed by atoms with Crippen LogP contribution in [0.2, 0.25) is 0 Å². The van der Waals surface area contributed by atoms with Crippen LogP contribution in [0.15, 0.2) is 48.5 Å². The highest BCUT2D eigenvalue weighted by atomic mass is 35.5. The predicted octanol–water partition coefficient (Wildman–Crippen LogP) is 4.40. The minimum atomic E-state index is -3.29. The first kappa shape index (κ1) is 26.3. The summed E-state index contributed by atoms with van der Waals surface area (Å²) in [6, 6.07) is 14.7. The Labute approximate surface area is 208 Å². The maximum Gasteiger partial charge on any atom is 0.229 e. The lowest BCUT2D eigenvalue weighted by Crippen LogP contribution is -2.53. The topological polar surface area (TPSA) is 87.7 Å². The van der Waals surface area contributed by atoms with Crippen molar-refractivity contribution in [2.75, 3.05) is 30.6 Å². The van der Waals surface area contributed by atoms with E-state index < -0.39 is 10.0 Å². The van der Waals surface area contributed by atoms with E-state index in [1.807, 2.05) is 24.3 Å². The van der Waals surface area contributed by atoms with Crippen molar-refractivity contribution in [3.8, 4) is 11.5 Å². The Hall–Kier alpha value is -2.29. The van der Waals surface area contributed by atoms with Gasteiger partial charge in [-0.25, -0.2) is 8.42 Å². The lowest BCUT2D eigenvalue weighted by atomic mass is 9.89. The number of carbonyl (C=O) groups excluding carboxylic acids is 1. The number of benzene rings is 2. The summed E-state index contributed by atoms with van der Waals surface area (Å²) in [5.41, 5.74) is 1.67. The van der Waals surface area contributed by atoms with Gasteiger partial charge >= 0.3 is 0 Å². The lowest BCUT2D eigenvalue weighted by molar-refractivity contribution is -0.130. The zero-order valence-corrected chi connectivity index (χ0v) is 21.2. The van der Waals surface area contributed by atoms with Crippen LogP contribution in [0.5, 0.6) is 11.5 Å². The van der Waals surface area contributed by atoms with Crippen LogP contribution >= 0.6 is 12.4 Å². The molecule has 1 saturated heterocycles. The predicted molar refractivity (Wildman–Crippen MR) is 137 cm³/mol. The number of anilines is 1. The van der Waals surface area contributed by atoms with Crippen LogP contribution in [-0.4, -0.2) is 45.1 Å². The van der Waals surface area contributed by atoms with Gasteiger partial charge < -0.3 is 10.1 Å². The summed E-state index contributed by atoms with van der Waals surface area (Å²) in [4.78, 5) is 14.7. The molecule has 9 heteroatoms. The van der Waals surface area contributed by atoms with E-state index in [0.29, 0.717) is 23.1 Å². The molecule has 186 valence electrons. The summed E-state index contributed by atoms with van der Waals surface area (Å²) in [5.74, 6) is 2.33. The van der Waals surface area contributed by atoms with Gasteiger partial charge in [-0.2, -0.15) is 0 Å². The number of nitrogens with one attached hydrogen (secondary N) is 2. The van der Waals surface area contributed by atoms with E-state index >= 15 is 0 Å². The first-order valence-electron chi connectivity index (χ1n) is 11.7. The molecular weight excluding hydrogens is 474 g/mol. The fourth-order valence-electron chi connectivity index (χ4n) is 4.51. The molecule has 4 rings (SSSR count). The third-order valence-electron chi connectivity index (χ3n) is 6.34. The standard InChI is InChI=1S/C25H33N3O4S.ClH/c1-33(30,31)27-22-9-13-24(14-10-22)32-23-11-7-20(8-12-23)16-28-17-21(18-28)25(29)26-15-19-5-3-2-4-6-19;/h7-14,19,21,27H,2-6,15-18H2,1H3,(H,26,29);1H. The monoisotopic (exact) mass is 507 g/mol. The zero-order valence-electron chi connectivity index (χ0n) is 19.5. The van der Waals surface area contributed by atoms with Crippen molar-refractivity contribution in [3.05, 3.63) is 54.1 Å². The Kier molecular flexibility index (Phi) is 9.22. The van der Waals surface area contributed by atoms with E-state index in [0.717, 1.165) is 32.4 Å². The minimum absolute atomic E-state index is 0. The number of rotatable bonds is 9. The Balaban J connectivity index is 0.00000324. The number of sulfonamides is 1. The van der Waals surface area contributed by atoms with Crippen LogP contribution in [0.3, 0.4) is 0 Å². The molecular formula is C25H34ClN3O4S. The van der Waals surface area contributed by atoms with E-state index in [2.05, 4.69) is 14.9 Å². The number of hydrogen-bond acceptors (Lipinski definition) is 5. The molecule has 0 radical (unpaired) electrons. The summed E-state index contributed by atoms with van der Waals surface area (Å²) in [6.07, 6.45) is 7.57. The number of halogens is 1. The fraction of sp³-hybridized carbons (Fsp3) is 0.480. The van der Waals surface area contributed by atoms with Gasteiger partial charge in [0.15, 0.2) is 0 Å². The van der Waals surface area contributed by atoms with Gasteiger partial charge in [-0.15, -0.1) is 12.4 Å². The quantitative estimate of drug-likeness (QED) is 0.525. The number of ether oxygens (including phenoxy) is 1. The normalized spacial score (nSPS) is 17.3. The average Bonchev–Trinajstić information content (AvgIpc) is 2.76. The highest BCUT2D eigenvalue weighted by Gasteiger charge is 2.32. The van der Waals surface area contributed by atoms with Crippen LogP contribution < -0.4 is 14.8 Å². The number of amides is 1. The van der Waals surface area contributed by atoms with E-state index in [1.54, 1.807) is 24.3 Å². The van der Waals surface area contributed by atoms with Crippen LogP contribution in [0.25, 0.3) is 0 Å². The van der Waals surface area contributed by atoms with Gasteiger partial charge in [0, 0.05) is 31.9 Å². The Morgan fingerprint density at radius 2 is 1.56 bits per heavy atom. The minimum Gasteiger partial charge on any atom is -0.457 e. The Morgan fingerprint density at radius 1 is 0.971 bits per heavy atom. The fourth-order valence-corrected chi connectivity index (χ4v) is 5.07. The molecule has 2 N–H and O–H groups in total. The molecule has 1 aliphatic heterocycles. The summed E-state index contributed by atoms with van der Waals surface area (Å²) in [5, 5.41) is 3.17. The number of hydrogen-bond donors (Lipinski definition) is 2. The van der Waals surface area contributed by atoms with Crippen LogP contribution in [-0.2, 0) is 21.4 Å². The summed E-state index contributed by atoms with van der Waals surface area (Å²) in [6.45, 7) is 3.28. The zero-order chi connectivity index (χ0) is 23.3. The van der Waals surface area contributed by atoms with E-state index in [4.69, 9.17) is 4.74 Å². The highest BCUT2D eigenvalue weighted by molar-refractivity contribution is 7.92. The third kappa shape index (κ3) is 7.89. The molecule has 0 atom stereocenters. The maximum atomic E-state index is 12.4. The SMILES string of the molecule is CS(=O)(=O)Nc1ccc(Oc2ccc(CN3CC(C(=O)NCC4CCCCC4)C3)cc2)cc1.Cl. The molecule has 7 nitrogen and oxygen atoms in total. The maximum absolute atomic E-state index is 12.4. The van der Waals surface area contributed by atoms with Gasteiger partial charge in [-0.3, -0.25) is 14.4 Å². The second kappa shape index (κ2) is 11.9. The molecule has 2 aromatic rings. The van der Waals surface area contributed by atoms with Crippen molar-refractivity contribution in [2.24, 2.45) is 11.8 Å². The summed E-state index contributed by atoms with van der Waals surface area (Å²) in [7, 11) is -3.29. The van der Waals surface area contributed by atoms with Gasteiger partial charge in [-0.1, -0.05) is 31.4 Å². The molecule has 0 bridgehead atoms. The van der Waals surface area contributed by atoms with Crippen molar-refractivity contribution in [1.29, 1.82) is 0 Å². The van der Waals surface area contributed by atoms with Gasteiger partial charge in [-0.05, 0) is 60.7 Å². The van der Waals surface area contributed by atoms with E-state index in [1.165, 1.54) is 37.7 Å². The van der Waals surface area contributed by atoms with Gasteiger partial charge in [0.2, 0.25) is 15.9 Å². The van der Waals surface area contributed by atoms with Crippen LogP contribution in [0.4, 0.5) is 5.69 Å². The molecule has 2 aromatic carbocycles. The number of carbonyl (C=O) groups is 1. The molecule has 1 amide bonds. The molecule has 2 aliphatic rings. The molecule has 2 fully saturated rings.